The number of rotatable bonds is 7. The lowest BCUT2D eigenvalue weighted by atomic mass is 9.98. The molecule has 2 heterocycles. The zero-order valence-corrected chi connectivity index (χ0v) is 19.1. The van der Waals surface area contributed by atoms with Crippen LogP contribution in [0.5, 0.6) is 5.75 Å². The summed E-state index contributed by atoms with van der Waals surface area (Å²) in [5, 5.41) is 0.474. The van der Waals surface area contributed by atoms with Crippen LogP contribution in [0.3, 0.4) is 0 Å². The fourth-order valence-corrected chi connectivity index (χ4v) is 4.42. The van der Waals surface area contributed by atoms with Crippen LogP contribution in [0.2, 0.25) is 0 Å². The van der Waals surface area contributed by atoms with E-state index in [2.05, 4.69) is 0 Å². The molecule has 1 aromatic heterocycles. The van der Waals surface area contributed by atoms with Crippen LogP contribution in [0, 0.1) is 6.92 Å². The van der Waals surface area contributed by atoms with Crippen LogP contribution in [0.4, 0.5) is 0 Å². The van der Waals surface area contributed by atoms with Gasteiger partial charge in [-0.2, -0.15) is 0 Å². The number of benzene rings is 3. The van der Waals surface area contributed by atoms with Crippen molar-refractivity contribution in [1.82, 2.24) is 4.90 Å². The van der Waals surface area contributed by atoms with Gasteiger partial charge in [0.1, 0.15) is 17.9 Å². The number of amides is 1. The first kappa shape index (κ1) is 21.9. The van der Waals surface area contributed by atoms with E-state index in [1.807, 2.05) is 67.6 Å². The van der Waals surface area contributed by atoms with Crippen molar-refractivity contribution in [2.75, 3.05) is 20.3 Å². The quantitative estimate of drug-likeness (QED) is 0.398. The summed E-state index contributed by atoms with van der Waals surface area (Å²) < 4.78 is 17.2. The number of hydrogen-bond donors (Lipinski definition) is 0. The van der Waals surface area contributed by atoms with Gasteiger partial charge in [-0.3, -0.25) is 9.59 Å². The van der Waals surface area contributed by atoms with Crippen LogP contribution in [0.15, 0.2) is 82.0 Å². The molecule has 0 aliphatic carbocycles. The van der Waals surface area contributed by atoms with E-state index in [9.17, 15) is 9.59 Å². The molecule has 0 spiro atoms. The number of fused-ring (bicyclic) bond motifs is 2. The average Bonchev–Trinajstić information content (AvgIpc) is 3.14. The Morgan fingerprint density at radius 1 is 0.971 bits per heavy atom. The largest absolute Gasteiger partial charge is 0.489 e. The van der Waals surface area contributed by atoms with Crippen molar-refractivity contribution in [3.8, 4) is 5.75 Å². The molecule has 0 N–H and O–H groups in total. The third-order valence-electron chi connectivity index (χ3n) is 6.08. The molecule has 1 aliphatic rings. The standard InChI is InChI=1S/C28H25NO5/c1-18-11-12-23-22(15-18)26(30)24-25(29(13-14-32-2)28(31)27(24)34-23)20-9-6-10-21(16-20)33-17-19-7-4-3-5-8-19/h3-12,15-16,25H,13-14,17H2,1-2H3. The number of ether oxygens (including phenoxy) is 2. The Balaban J connectivity index is 1.58. The monoisotopic (exact) mass is 455 g/mol. The molecule has 1 atom stereocenters. The summed E-state index contributed by atoms with van der Waals surface area (Å²) in [6.45, 7) is 3.01. The normalized spacial score (nSPS) is 15.1. The highest BCUT2D eigenvalue weighted by atomic mass is 16.5. The molecule has 5 rings (SSSR count). The van der Waals surface area contributed by atoms with Gasteiger partial charge >= 0.3 is 0 Å². The minimum absolute atomic E-state index is 0.0954. The van der Waals surface area contributed by atoms with Gasteiger partial charge in [0.2, 0.25) is 5.76 Å². The van der Waals surface area contributed by atoms with Crippen molar-refractivity contribution in [3.05, 3.63) is 111 Å². The third kappa shape index (κ3) is 3.97. The zero-order valence-electron chi connectivity index (χ0n) is 19.1. The topological polar surface area (TPSA) is 69.0 Å². The van der Waals surface area contributed by atoms with Crippen LogP contribution in [0.25, 0.3) is 11.0 Å². The van der Waals surface area contributed by atoms with Gasteiger partial charge in [-0.25, -0.2) is 0 Å². The molecule has 3 aromatic carbocycles. The molecule has 1 amide bonds. The molecular weight excluding hydrogens is 430 g/mol. The van der Waals surface area contributed by atoms with Gasteiger partial charge in [-0.05, 0) is 42.3 Å². The smallest absolute Gasteiger partial charge is 0.290 e. The summed E-state index contributed by atoms with van der Waals surface area (Å²) >= 11 is 0. The number of carbonyl (C=O) groups excluding carboxylic acids is 1. The van der Waals surface area contributed by atoms with Crippen LogP contribution in [0.1, 0.15) is 38.9 Å². The van der Waals surface area contributed by atoms with Gasteiger partial charge in [-0.1, -0.05) is 54.1 Å². The van der Waals surface area contributed by atoms with Crippen LogP contribution in [-0.2, 0) is 11.3 Å². The molecule has 6 heteroatoms. The van der Waals surface area contributed by atoms with Gasteiger partial charge in [0.05, 0.1) is 23.6 Å². The minimum Gasteiger partial charge on any atom is -0.489 e. The van der Waals surface area contributed by atoms with Gasteiger partial charge in [0.25, 0.3) is 5.91 Å². The SMILES string of the molecule is COCCN1C(=O)c2oc3ccc(C)cc3c(=O)c2C1c1cccc(OCc2ccccc2)c1. The molecule has 0 fully saturated rings. The number of nitrogens with zero attached hydrogens (tertiary/aromatic N) is 1. The average molecular weight is 456 g/mol. The number of aryl methyl sites for hydroxylation is 1. The van der Waals surface area contributed by atoms with Crippen molar-refractivity contribution < 1.29 is 18.7 Å². The van der Waals surface area contributed by atoms with Gasteiger partial charge in [0, 0.05) is 13.7 Å². The lowest BCUT2D eigenvalue weighted by molar-refractivity contribution is 0.0663. The molecule has 0 saturated carbocycles. The number of carbonyl (C=O) groups is 1. The minimum atomic E-state index is -0.584. The zero-order chi connectivity index (χ0) is 23.7. The maximum atomic E-state index is 13.6. The van der Waals surface area contributed by atoms with E-state index in [1.165, 1.54) is 0 Å². The summed E-state index contributed by atoms with van der Waals surface area (Å²) in [6.07, 6.45) is 0. The van der Waals surface area contributed by atoms with E-state index < -0.39 is 6.04 Å². The molecule has 6 nitrogen and oxygen atoms in total. The Labute approximate surface area is 197 Å². The summed E-state index contributed by atoms with van der Waals surface area (Å²) in [7, 11) is 1.58. The highest BCUT2D eigenvalue weighted by Gasteiger charge is 2.42. The van der Waals surface area contributed by atoms with Crippen molar-refractivity contribution in [3.63, 3.8) is 0 Å². The van der Waals surface area contributed by atoms with Gasteiger partial charge in [-0.15, -0.1) is 0 Å². The lowest BCUT2D eigenvalue weighted by Crippen LogP contribution is -2.32. The molecule has 4 aromatic rings. The maximum absolute atomic E-state index is 13.6. The molecule has 0 saturated heterocycles. The summed E-state index contributed by atoms with van der Waals surface area (Å²) in [6, 6.07) is 22.3. The summed E-state index contributed by atoms with van der Waals surface area (Å²) in [4.78, 5) is 28.6. The second kappa shape index (κ2) is 9.15. The third-order valence-corrected chi connectivity index (χ3v) is 6.08. The Hall–Kier alpha value is -3.90. The van der Waals surface area contributed by atoms with Crippen LogP contribution in [-0.4, -0.2) is 31.1 Å². The summed E-state index contributed by atoms with van der Waals surface area (Å²) in [5.74, 6) is 0.445. The first-order valence-corrected chi connectivity index (χ1v) is 11.2. The fourth-order valence-electron chi connectivity index (χ4n) is 4.42. The van der Waals surface area contributed by atoms with E-state index in [-0.39, 0.29) is 17.1 Å². The Morgan fingerprint density at radius 2 is 1.79 bits per heavy atom. The van der Waals surface area contributed by atoms with Gasteiger partial charge < -0.3 is 18.8 Å². The molecule has 1 unspecified atom stereocenters. The number of methoxy groups -OCH3 is 1. The fraction of sp³-hybridized carbons (Fsp3) is 0.214. The predicted molar refractivity (Wildman–Crippen MR) is 129 cm³/mol. The maximum Gasteiger partial charge on any atom is 0.290 e. The molecule has 34 heavy (non-hydrogen) atoms. The highest BCUT2D eigenvalue weighted by molar-refractivity contribution is 5.99. The Morgan fingerprint density at radius 3 is 2.59 bits per heavy atom. The van der Waals surface area contributed by atoms with E-state index in [4.69, 9.17) is 13.9 Å². The summed E-state index contributed by atoms with van der Waals surface area (Å²) in [5.41, 5.74) is 3.38. The van der Waals surface area contributed by atoms with E-state index in [1.54, 1.807) is 24.1 Å². The van der Waals surface area contributed by atoms with Crippen molar-refractivity contribution >= 4 is 16.9 Å². The Bertz CT molecular complexity index is 1410. The molecule has 0 bridgehead atoms. The first-order chi connectivity index (χ1) is 16.6. The molecule has 172 valence electrons. The molecule has 0 radical (unpaired) electrons. The first-order valence-electron chi connectivity index (χ1n) is 11.2. The van der Waals surface area contributed by atoms with Crippen LogP contribution < -0.4 is 10.2 Å². The predicted octanol–water partition coefficient (Wildman–Crippen LogP) is 4.87. The second-order valence-electron chi connectivity index (χ2n) is 8.41. The van der Waals surface area contributed by atoms with E-state index >= 15 is 0 Å². The van der Waals surface area contributed by atoms with Crippen molar-refractivity contribution in [1.29, 1.82) is 0 Å². The highest BCUT2D eigenvalue weighted by Crippen LogP contribution is 2.39. The van der Waals surface area contributed by atoms with Crippen molar-refractivity contribution in [2.24, 2.45) is 0 Å². The lowest BCUT2D eigenvalue weighted by Gasteiger charge is -2.25. The van der Waals surface area contributed by atoms with Gasteiger partial charge in [0.15, 0.2) is 5.43 Å². The van der Waals surface area contributed by atoms with Crippen LogP contribution >= 0.6 is 0 Å². The van der Waals surface area contributed by atoms with Crippen molar-refractivity contribution in [2.45, 2.75) is 19.6 Å². The Kier molecular flexibility index (Phi) is 5.90. The second-order valence-corrected chi connectivity index (χ2v) is 8.41. The van der Waals surface area contributed by atoms with E-state index in [0.29, 0.717) is 42.0 Å². The number of hydrogen-bond acceptors (Lipinski definition) is 5. The molecule has 1 aliphatic heterocycles. The van der Waals surface area contributed by atoms with E-state index in [0.717, 1.165) is 16.7 Å². The molecular formula is C28H25NO5.